The summed E-state index contributed by atoms with van der Waals surface area (Å²) in [7, 11) is 0. The largest absolute Gasteiger partial charge is 0.459 e. The Kier molecular flexibility index (Phi) is 9.83. The molecule has 0 aromatic heterocycles. The summed E-state index contributed by atoms with van der Waals surface area (Å²) < 4.78 is 10.6. The van der Waals surface area contributed by atoms with Crippen LogP contribution in [-0.2, 0) is 41.7 Å². The lowest BCUT2D eigenvalue weighted by Crippen LogP contribution is -2.61. The van der Waals surface area contributed by atoms with Gasteiger partial charge in [0.15, 0.2) is 6.10 Å². The molecule has 0 saturated carbocycles. The maximum Gasteiger partial charge on any atom is 0.329 e. The van der Waals surface area contributed by atoms with Gasteiger partial charge in [-0.1, -0.05) is 94.8 Å². The van der Waals surface area contributed by atoms with Crippen molar-refractivity contribution in [1.29, 1.82) is 0 Å². The highest BCUT2D eigenvalue weighted by molar-refractivity contribution is 5.97. The van der Waals surface area contributed by atoms with E-state index in [9.17, 15) is 19.2 Å². The molecule has 2 amide bonds. The second kappa shape index (κ2) is 13.0. The molecule has 8 heteroatoms. The SMILES string of the molecule is CC[C@H](C)[C@@H]1C(=O)O[C@H]1C(=O)N[C@H](C(=O)N[C@@H](Cc1ccccc1)C(=O)OCc1ccccc1)C(C)C. The van der Waals surface area contributed by atoms with E-state index in [1.807, 2.05) is 74.5 Å². The normalized spacial score (nSPS) is 19.1. The van der Waals surface area contributed by atoms with E-state index in [4.69, 9.17) is 9.47 Å². The first-order valence-electron chi connectivity index (χ1n) is 12.8. The van der Waals surface area contributed by atoms with Crippen LogP contribution in [0.1, 0.15) is 45.2 Å². The van der Waals surface area contributed by atoms with Gasteiger partial charge in [0.2, 0.25) is 5.91 Å². The molecule has 198 valence electrons. The van der Waals surface area contributed by atoms with Gasteiger partial charge in [0.25, 0.3) is 5.91 Å². The fourth-order valence-corrected chi connectivity index (χ4v) is 4.23. The second-order valence-corrected chi connectivity index (χ2v) is 9.84. The molecule has 0 spiro atoms. The molecule has 1 saturated heterocycles. The Morgan fingerprint density at radius 3 is 2.05 bits per heavy atom. The highest BCUT2D eigenvalue weighted by atomic mass is 16.6. The monoisotopic (exact) mass is 508 g/mol. The van der Waals surface area contributed by atoms with Crippen molar-refractivity contribution < 1.29 is 28.7 Å². The van der Waals surface area contributed by atoms with Crippen LogP contribution >= 0.6 is 0 Å². The first-order valence-corrected chi connectivity index (χ1v) is 12.8. The van der Waals surface area contributed by atoms with Crippen molar-refractivity contribution in [3.8, 4) is 0 Å². The third-order valence-electron chi connectivity index (χ3n) is 6.71. The summed E-state index contributed by atoms with van der Waals surface area (Å²) in [5.41, 5.74) is 1.69. The zero-order chi connectivity index (χ0) is 26.9. The molecule has 2 N–H and O–H groups in total. The van der Waals surface area contributed by atoms with E-state index in [1.54, 1.807) is 13.8 Å². The van der Waals surface area contributed by atoms with Crippen LogP contribution in [0.25, 0.3) is 0 Å². The van der Waals surface area contributed by atoms with E-state index in [1.165, 1.54) is 0 Å². The van der Waals surface area contributed by atoms with Gasteiger partial charge >= 0.3 is 11.9 Å². The van der Waals surface area contributed by atoms with Crippen LogP contribution in [0.2, 0.25) is 0 Å². The van der Waals surface area contributed by atoms with Crippen molar-refractivity contribution in [1.82, 2.24) is 10.6 Å². The summed E-state index contributed by atoms with van der Waals surface area (Å²) in [5, 5.41) is 5.51. The van der Waals surface area contributed by atoms with Crippen LogP contribution in [0.15, 0.2) is 60.7 Å². The van der Waals surface area contributed by atoms with Gasteiger partial charge in [-0.05, 0) is 23.0 Å². The molecular weight excluding hydrogens is 472 g/mol. The Balaban J connectivity index is 1.70. The number of ether oxygens (including phenoxy) is 2. The van der Waals surface area contributed by atoms with Crippen molar-refractivity contribution in [3.63, 3.8) is 0 Å². The molecule has 5 atom stereocenters. The summed E-state index contributed by atoms with van der Waals surface area (Å²) in [6.45, 7) is 7.51. The molecule has 2 aromatic rings. The molecule has 37 heavy (non-hydrogen) atoms. The number of carbonyl (C=O) groups excluding carboxylic acids is 4. The molecule has 8 nitrogen and oxygen atoms in total. The first kappa shape index (κ1) is 27.9. The van der Waals surface area contributed by atoms with Crippen molar-refractivity contribution in [2.24, 2.45) is 17.8 Å². The summed E-state index contributed by atoms with van der Waals surface area (Å²) >= 11 is 0. The Hall–Kier alpha value is -3.68. The average Bonchev–Trinajstić information content (AvgIpc) is 2.89. The van der Waals surface area contributed by atoms with Gasteiger partial charge in [-0.25, -0.2) is 4.79 Å². The Morgan fingerprint density at radius 2 is 1.51 bits per heavy atom. The lowest BCUT2D eigenvalue weighted by Gasteiger charge is -2.38. The predicted octanol–water partition coefficient (Wildman–Crippen LogP) is 3.19. The number of carbonyl (C=O) groups is 4. The minimum absolute atomic E-state index is 0.0158. The maximum atomic E-state index is 13.3. The molecule has 2 aromatic carbocycles. The lowest BCUT2D eigenvalue weighted by molar-refractivity contribution is -0.193. The predicted molar refractivity (Wildman–Crippen MR) is 138 cm³/mol. The van der Waals surface area contributed by atoms with Crippen LogP contribution in [-0.4, -0.2) is 41.9 Å². The summed E-state index contributed by atoms with van der Waals surface area (Å²) in [5.74, 6) is -2.81. The Bertz CT molecular complexity index is 1070. The number of esters is 2. The highest BCUT2D eigenvalue weighted by Crippen LogP contribution is 2.31. The number of benzene rings is 2. The summed E-state index contributed by atoms with van der Waals surface area (Å²) in [6, 6.07) is 16.7. The lowest BCUT2D eigenvalue weighted by atomic mass is 9.82. The minimum Gasteiger partial charge on any atom is -0.459 e. The molecule has 1 heterocycles. The van der Waals surface area contributed by atoms with Crippen molar-refractivity contribution in [2.75, 3.05) is 0 Å². The van der Waals surface area contributed by atoms with Gasteiger partial charge in [0, 0.05) is 6.42 Å². The van der Waals surface area contributed by atoms with Gasteiger partial charge in [0.05, 0.1) is 0 Å². The number of amides is 2. The zero-order valence-corrected chi connectivity index (χ0v) is 21.8. The molecule has 0 aliphatic carbocycles. The van der Waals surface area contributed by atoms with E-state index >= 15 is 0 Å². The topological polar surface area (TPSA) is 111 Å². The number of hydrogen-bond acceptors (Lipinski definition) is 6. The minimum atomic E-state index is -0.953. The van der Waals surface area contributed by atoms with Crippen molar-refractivity contribution >= 4 is 23.8 Å². The molecule has 0 radical (unpaired) electrons. The van der Waals surface area contributed by atoms with Crippen LogP contribution in [0, 0.1) is 17.8 Å². The zero-order valence-electron chi connectivity index (χ0n) is 21.8. The third-order valence-corrected chi connectivity index (χ3v) is 6.71. The number of cyclic esters (lactones) is 1. The van der Waals surface area contributed by atoms with E-state index < -0.39 is 47.9 Å². The smallest absolute Gasteiger partial charge is 0.329 e. The fourth-order valence-electron chi connectivity index (χ4n) is 4.23. The third kappa shape index (κ3) is 7.41. The van der Waals surface area contributed by atoms with E-state index in [2.05, 4.69) is 10.6 Å². The highest BCUT2D eigenvalue weighted by Gasteiger charge is 2.50. The second-order valence-electron chi connectivity index (χ2n) is 9.84. The number of nitrogens with one attached hydrogen (secondary N) is 2. The van der Waals surface area contributed by atoms with Gasteiger partial charge in [0.1, 0.15) is 24.6 Å². The molecule has 1 aliphatic rings. The standard InChI is InChI=1S/C29H36N2O6/c1-5-19(4)23-25(37-29(23)35)27(33)31-24(18(2)3)26(32)30-22(16-20-12-8-6-9-13-20)28(34)36-17-21-14-10-7-11-15-21/h6-15,18-19,22-25H,5,16-17H2,1-4H3,(H,30,32)(H,31,33)/t19-,22-,23-,24-,25+/m0/s1. The number of hydrogen-bond donors (Lipinski definition) is 2. The Morgan fingerprint density at radius 1 is 0.919 bits per heavy atom. The van der Waals surface area contributed by atoms with E-state index in [-0.39, 0.29) is 24.9 Å². The van der Waals surface area contributed by atoms with Crippen molar-refractivity contribution in [3.05, 3.63) is 71.8 Å². The molecule has 1 fully saturated rings. The molecule has 0 unspecified atom stereocenters. The average molecular weight is 509 g/mol. The van der Waals surface area contributed by atoms with Crippen molar-refractivity contribution in [2.45, 2.75) is 65.3 Å². The van der Waals surface area contributed by atoms with E-state index in [0.29, 0.717) is 0 Å². The maximum absolute atomic E-state index is 13.3. The molecule has 3 rings (SSSR count). The molecule has 0 bridgehead atoms. The van der Waals surface area contributed by atoms with Gasteiger partial charge < -0.3 is 20.1 Å². The number of rotatable bonds is 12. The van der Waals surface area contributed by atoms with Crippen LogP contribution in [0.3, 0.4) is 0 Å². The van der Waals surface area contributed by atoms with Crippen LogP contribution < -0.4 is 10.6 Å². The first-order chi connectivity index (χ1) is 17.7. The van der Waals surface area contributed by atoms with Crippen LogP contribution in [0.4, 0.5) is 0 Å². The van der Waals surface area contributed by atoms with Gasteiger partial charge in [-0.3, -0.25) is 14.4 Å². The van der Waals surface area contributed by atoms with Gasteiger partial charge in [-0.15, -0.1) is 0 Å². The van der Waals surface area contributed by atoms with E-state index in [0.717, 1.165) is 17.5 Å². The fraction of sp³-hybridized carbons (Fsp3) is 0.448. The van der Waals surface area contributed by atoms with Gasteiger partial charge in [-0.2, -0.15) is 0 Å². The quantitative estimate of drug-likeness (QED) is 0.426. The summed E-state index contributed by atoms with van der Waals surface area (Å²) in [6.07, 6.45) is 0.0339. The molecule has 1 aliphatic heterocycles. The Labute approximate surface area is 218 Å². The summed E-state index contributed by atoms with van der Waals surface area (Å²) in [4.78, 5) is 51.2. The molecular formula is C29H36N2O6. The van der Waals surface area contributed by atoms with Crippen LogP contribution in [0.5, 0.6) is 0 Å².